The highest BCUT2D eigenvalue weighted by molar-refractivity contribution is 5.94. The Kier molecular flexibility index (Phi) is 7.20. The molecule has 0 unspecified atom stereocenters. The molecule has 0 amide bonds. The Bertz CT molecular complexity index is 1450. The molecule has 38 heavy (non-hydrogen) atoms. The SMILES string of the molecule is Cc1cccc(-c2cc3cc[nH]c(=O)c3c(Nc3ccc(CCN4CCC(N5CCCC5)CC4)cc3)n2)n1. The molecule has 1 aromatic carbocycles. The lowest BCUT2D eigenvalue weighted by atomic mass is 10.0. The Labute approximate surface area is 223 Å². The number of aromatic amines is 1. The molecule has 0 bridgehead atoms. The fourth-order valence-electron chi connectivity index (χ4n) is 5.92. The van der Waals surface area contributed by atoms with Crippen molar-refractivity contribution in [2.75, 3.05) is 38.0 Å². The summed E-state index contributed by atoms with van der Waals surface area (Å²) in [4.78, 5) is 30.3. The maximum Gasteiger partial charge on any atom is 0.259 e. The Morgan fingerprint density at radius 2 is 1.74 bits per heavy atom. The van der Waals surface area contributed by atoms with Gasteiger partial charge in [0, 0.05) is 30.2 Å². The number of piperidine rings is 1. The number of aryl methyl sites for hydroxylation is 1. The third kappa shape index (κ3) is 5.49. The van der Waals surface area contributed by atoms with Crippen LogP contribution in [0.3, 0.4) is 0 Å². The first-order valence-electron chi connectivity index (χ1n) is 13.9. The lowest BCUT2D eigenvalue weighted by Crippen LogP contribution is -2.44. The molecule has 0 radical (unpaired) electrons. The van der Waals surface area contributed by atoms with E-state index in [9.17, 15) is 4.79 Å². The Balaban J connectivity index is 1.14. The summed E-state index contributed by atoms with van der Waals surface area (Å²) in [6.45, 7) is 8.09. The van der Waals surface area contributed by atoms with Gasteiger partial charge >= 0.3 is 0 Å². The van der Waals surface area contributed by atoms with Crippen molar-refractivity contribution in [3.63, 3.8) is 0 Å². The number of nitrogens with one attached hydrogen (secondary N) is 2. The second kappa shape index (κ2) is 11.1. The normalized spacial score (nSPS) is 17.3. The minimum atomic E-state index is -0.161. The molecule has 2 aliphatic rings. The van der Waals surface area contributed by atoms with Crippen LogP contribution in [0.2, 0.25) is 0 Å². The average molecular weight is 509 g/mol. The summed E-state index contributed by atoms with van der Waals surface area (Å²) >= 11 is 0. The molecule has 196 valence electrons. The minimum absolute atomic E-state index is 0.161. The smallest absolute Gasteiger partial charge is 0.259 e. The van der Waals surface area contributed by atoms with Crippen molar-refractivity contribution in [3.05, 3.63) is 82.4 Å². The molecule has 6 rings (SSSR count). The van der Waals surface area contributed by atoms with Crippen LogP contribution in [0, 0.1) is 6.92 Å². The van der Waals surface area contributed by atoms with E-state index in [-0.39, 0.29) is 5.56 Å². The summed E-state index contributed by atoms with van der Waals surface area (Å²) in [7, 11) is 0. The van der Waals surface area contributed by atoms with Crippen LogP contribution in [-0.2, 0) is 6.42 Å². The van der Waals surface area contributed by atoms with Crippen LogP contribution in [0.5, 0.6) is 0 Å². The van der Waals surface area contributed by atoms with Crippen molar-refractivity contribution >= 4 is 22.3 Å². The van der Waals surface area contributed by atoms with E-state index in [1.54, 1.807) is 6.20 Å². The largest absolute Gasteiger partial charge is 0.340 e. The zero-order chi connectivity index (χ0) is 25.9. The zero-order valence-electron chi connectivity index (χ0n) is 22.1. The van der Waals surface area contributed by atoms with E-state index >= 15 is 0 Å². The molecule has 0 saturated carbocycles. The maximum atomic E-state index is 12.7. The van der Waals surface area contributed by atoms with Gasteiger partial charge < -0.3 is 20.1 Å². The standard InChI is InChI=1S/C31H36N6O/c1-22-5-4-6-27(33-22)28-21-24-11-15-32-31(38)29(24)30(35-28)34-25-9-7-23(8-10-25)12-18-36-19-13-26(14-20-36)37-16-2-3-17-37/h4-11,15,21,26H,2-3,12-14,16-20H2,1H3,(H,32,38)(H,34,35). The molecule has 7 nitrogen and oxygen atoms in total. The topological polar surface area (TPSA) is 77.2 Å². The molecule has 2 N–H and O–H groups in total. The van der Waals surface area contributed by atoms with Crippen LogP contribution in [0.1, 0.15) is 36.9 Å². The average Bonchev–Trinajstić information content (AvgIpc) is 3.48. The first-order chi connectivity index (χ1) is 18.6. The molecule has 2 fully saturated rings. The van der Waals surface area contributed by atoms with Crippen molar-refractivity contribution < 1.29 is 0 Å². The van der Waals surface area contributed by atoms with Gasteiger partial charge in [0.2, 0.25) is 0 Å². The van der Waals surface area contributed by atoms with Crippen molar-refractivity contribution in [2.45, 2.75) is 45.1 Å². The number of H-pyrrole nitrogens is 1. The molecule has 0 atom stereocenters. The number of hydrogen-bond donors (Lipinski definition) is 2. The summed E-state index contributed by atoms with van der Waals surface area (Å²) < 4.78 is 0. The number of aromatic nitrogens is 3. The minimum Gasteiger partial charge on any atom is -0.340 e. The summed E-state index contributed by atoms with van der Waals surface area (Å²) in [5, 5.41) is 4.78. The summed E-state index contributed by atoms with van der Waals surface area (Å²) in [6.07, 6.45) is 8.09. The van der Waals surface area contributed by atoms with Gasteiger partial charge in [-0.25, -0.2) is 4.98 Å². The van der Waals surface area contributed by atoms with Crippen molar-refractivity contribution in [2.24, 2.45) is 0 Å². The number of hydrogen-bond acceptors (Lipinski definition) is 6. The number of nitrogens with zero attached hydrogens (tertiary/aromatic N) is 4. The summed E-state index contributed by atoms with van der Waals surface area (Å²) in [5.74, 6) is 0.538. The van der Waals surface area contributed by atoms with E-state index in [1.165, 1.54) is 57.4 Å². The van der Waals surface area contributed by atoms with Gasteiger partial charge in [-0.2, -0.15) is 0 Å². The van der Waals surface area contributed by atoms with Gasteiger partial charge in [0.1, 0.15) is 5.82 Å². The van der Waals surface area contributed by atoms with Crippen LogP contribution in [0.25, 0.3) is 22.2 Å². The molecule has 0 spiro atoms. The number of benzene rings is 1. The van der Waals surface area contributed by atoms with E-state index in [0.29, 0.717) is 11.2 Å². The number of pyridine rings is 3. The second-order valence-corrected chi connectivity index (χ2v) is 10.7. The first kappa shape index (κ1) is 24.8. The Morgan fingerprint density at radius 3 is 2.50 bits per heavy atom. The van der Waals surface area contributed by atoms with E-state index < -0.39 is 0 Å². The first-order valence-corrected chi connectivity index (χ1v) is 13.9. The van der Waals surface area contributed by atoms with Crippen LogP contribution in [0.4, 0.5) is 11.5 Å². The predicted octanol–water partition coefficient (Wildman–Crippen LogP) is 5.14. The fourth-order valence-corrected chi connectivity index (χ4v) is 5.92. The van der Waals surface area contributed by atoms with Gasteiger partial charge in [0.15, 0.2) is 0 Å². The highest BCUT2D eigenvalue weighted by Crippen LogP contribution is 2.27. The summed E-state index contributed by atoms with van der Waals surface area (Å²) in [5.41, 5.74) is 4.52. The van der Waals surface area contributed by atoms with E-state index in [2.05, 4.69) is 49.4 Å². The Morgan fingerprint density at radius 1 is 0.947 bits per heavy atom. The highest BCUT2D eigenvalue weighted by Gasteiger charge is 2.26. The van der Waals surface area contributed by atoms with Crippen molar-refractivity contribution in [1.82, 2.24) is 24.8 Å². The van der Waals surface area contributed by atoms with Gasteiger partial charge in [-0.15, -0.1) is 0 Å². The number of anilines is 2. The number of fused-ring (bicyclic) bond motifs is 1. The number of rotatable bonds is 7. The molecule has 2 aliphatic heterocycles. The molecular formula is C31H36N6O. The predicted molar refractivity (Wildman–Crippen MR) is 154 cm³/mol. The quantitative estimate of drug-likeness (QED) is 0.360. The highest BCUT2D eigenvalue weighted by atomic mass is 16.1. The van der Waals surface area contributed by atoms with Crippen molar-refractivity contribution in [1.29, 1.82) is 0 Å². The van der Waals surface area contributed by atoms with E-state index in [1.807, 2.05) is 37.3 Å². The molecule has 4 aromatic rings. The lowest BCUT2D eigenvalue weighted by molar-refractivity contribution is 0.128. The van der Waals surface area contributed by atoms with Gasteiger partial charge in [-0.3, -0.25) is 9.78 Å². The molecular weight excluding hydrogens is 472 g/mol. The van der Waals surface area contributed by atoms with Crippen LogP contribution in [0.15, 0.2) is 65.6 Å². The molecule has 5 heterocycles. The van der Waals surface area contributed by atoms with Gasteiger partial charge in [-0.1, -0.05) is 18.2 Å². The lowest BCUT2D eigenvalue weighted by Gasteiger charge is -2.36. The van der Waals surface area contributed by atoms with E-state index in [0.717, 1.165) is 47.2 Å². The third-order valence-corrected chi connectivity index (χ3v) is 8.05. The van der Waals surface area contributed by atoms with Gasteiger partial charge in [-0.05, 0) is 113 Å². The zero-order valence-corrected chi connectivity index (χ0v) is 22.1. The molecule has 3 aromatic heterocycles. The van der Waals surface area contributed by atoms with Crippen LogP contribution in [-0.4, -0.2) is 63.5 Å². The Hall–Kier alpha value is -3.55. The maximum absolute atomic E-state index is 12.7. The number of likely N-dealkylation sites (tertiary alicyclic amines) is 2. The van der Waals surface area contributed by atoms with Crippen LogP contribution >= 0.6 is 0 Å². The van der Waals surface area contributed by atoms with Crippen molar-refractivity contribution in [3.8, 4) is 11.4 Å². The fraction of sp³-hybridized carbons (Fsp3) is 0.387. The van der Waals surface area contributed by atoms with Gasteiger partial charge in [0.05, 0.1) is 16.8 Å². The monoisotopic (exact) mass is 508 g/mol. The molecule has 0 aliphatic carbocycles. The molecule has 7 heteroatoms. The summed E-state index contributed by atoms with van der Waals surface area (Å²) in [6, 6.07) is 19.0. The molecule has 2 saturated heterocycles. The van der Waals surface area contributed by atoms with E-state index in [4.69, 9.17) is 4.98 Å². The van der Waals surface area contributed by atoms with Gasteiger partial charge in [0.25, 0.3) is 5.56 Å². The van der Waals surface area contributed by atoms with Crippen LogP contribution < -0.4 is 10.9 Å². The second-order valence-electron chi connectivity index (χ2n) is 10.7. The third-order valence-electron chi connectivity index (χ3n) is 8.05.